The summed E-state index contributed by atoms with van der Waals surface area (Å²) in [5.74, 6) is 0.226. The first-order chi connectivity index (χ1) is 10.6. The van der Waals surface area contributed by atoms with E-state index >= 15 is 0 Å². The fourth-order valence-corrected chi connectivity index (χ4v) is 3.02. The van der Waals surface area contributed by atoms with Gasteiger partial charge in [0.05, 0.1) is 12.3 Å². The highest BCUT2D eigenvalue weighted by atomic mass is 19.1. The first-order valence-electron chi connectivity index (χ1n) is 7.72. The molecule has 1 N–H and O–H groups in total. The molecule has 4 nitrogen and oxygen atoms in total. The zero-order valence-electron chi connectivity index (χ0n) is 13.0. The van der Waals surface area contributed by atoms with Crippen LogP contribution in [0.2, 0.25) is 0 Å². The summed E-state index contributed by atoms with van der Waals surface area (Å²) in [5, 5.41) is 7.72. The summed E-state index contributed by atoms with van der Waals surface area (Å²) in [4.78, 5) is 0. The van der Waals surface area contributed by atoms with Crippen LogP contribution in [0.15, 0.2) is 36.7 Å². The number of benzene rings is 1. The Kier molecular flexibility index (Phi) is 4.55. The molecule has 0 bridgehead atoms. The van der Waals surface area contributed by atoms with E-state index in [4.69, 9.17) is 4.74 Å². The molecule has 3 rings (SSSR count). The summed E-state index contributed by atoms with van der Waals surface area (Å²) in [6.07, 6.45) is 5.02. The first-order valence-corrected chi connectivity index (χ1v) is 7.72. The van der Waals surface area contributed by atoms with E-state index in [-0.39, 0.29) is 18.0 Å². The van der Waals surface area contributed by atoms with Crippen LogP contribution in [0.1, 0.15) is 36.6 Å². The molecule has 0 spiro atoms. The molecular formula is C17H22FN3O. The SMILES string of the molecule is C[C@H](NC[C@H]1CCO[C@H]1c1cnn(C)c1)c1cccc(F)c1. The quantitative estimate of drug-likeness (QED) is 0.923. The molecule has 1 aliphatic rings. The number of halogens is 1. The third kappa shape index (κ3) is 3.36. The van der Waals surface area contributed by atoms with Gasteiger partial charge in [-0.1, -0.05) is 12.1 Å². The van der Waals surface area contributed by atoms with E-state index in [9.17, 15) is 4.39 Å². The monoisotopic (exact) mass is 303 g/mol. The molecule has 1 saturated heterocycles. The lowest BCUT2D eigenvalue weighted by Gasteiger charge is -2.21. The first kappa shape index (κ1) is 15.2. The predicted molar refractivity (Wildman–Crippen MR) is 82.8 cm³/mol. The van der Waals surface area contributed by atoms with Crippen molar-refractivity contribution in [1.82, 2.24) is 15.1 Å². The van der Waals surface area contributed by atoms with Gasteiger partial charge in [-0.15, -0.1) is 0 Å². The number of rotatable bonds is 5. The Morgan fingerprint density at radius 1 is 1.50 bits per heavy atom. The topological polar surface area (TPSA) is 39.1 Å². The zero-order chi connectivity index (χ0) is 15.5. The van der Waals surface area contributed by atoms with Crippen LogP contribution in [0.3, 0.4) is 0 Å². The molecule has 1 aromatic carbocycles. The Bertz CT molecular complexity index is 628. The standard InChI is InChI=1S/C17H22FN3O/c1-12(13-4-3-5-16(18)8-13)19-9-14-6-7-22-17(14)15-10-20-21(2)11-15/h3-5,8,10-12,14,17,19H,6-7,9H2,1-2H3/t12-,14+,17+/m0/s1. The molecule has 1 fully saturated rings. The van der Waals surface area contributed by atoms with Crippen molar-refractivity contribution < 1.29 is 9.13 Å². The van der Waals surface area contributed by atoms with Gasteiger partial charge in [-0.2, -0.15) is 5.10 Å². The molecule has 2 heterocycles. The summed E-state index contributed by atoms with van der Waals surface area (Å²) >= 11 is 0. The highest BCUT2D eigenvalue weighted by Crippen LogP contribution is 2.34. The van der Waals surface area contributed by atoms with Gasteiger partial charge in [0.15, 0.2) is 0 Å². The average molecular weight is 303 g/mol. The maximum absolute atomic E-state index is 13.3. The Balaban J connectivity index is 1.60. The van der Waals surface area contributed by atoms with Gasteiger partial charge in [0.1, 0.15) is 5.82 Å². The van der Waals surface area contributed by atoms with Crippen LogP contribution in [-0.2, 0) is 11.8 Å². The summed E-state index contributed by atoms with van der Waals surface area (Å²) in [7, 11) is 1.91. The number of hydrogen-bond acceptors (Lipinski definition) is 3. The van der Waals surface area contributed by atoms with Gasteiger partial charge in [0.2, 0.25) is 0 Å². The summed E-state index contributed by atoms with van der Waals surface area (Å²) in [6.45, 7) is 3.68. The summed E-state index contributed by atoms with van der Waals surface area (Å²) in [6, 6.07) is 6.87. The van der Waals surface area contributed by atoms with E-state index < -0.39 is 0 Å². The number of aromatic nitrogens is 2. The minimum atomic E-state index is -0.191. The van der Waals surface area contributed by atoms with E-state index in [0.717, 1.165) is 30.7 Å². The molecule has 1 aromatic heterocycles. The fourth-order valence-electron chi connectivity index (χ4n) is 3.02. The normalized spacial score (nSPS) is 22.9. The average Bonchev–Trinajstić information content (AvgIpc) is 3.13. The second-order valence-corrected chi connectivity index (χ2v) is 5.97. The Morgan fingerprint density at radius 3 is 3.09 bits per heavy atom. The summed E-state index contributed by atoms with van der Waals surface area (Å²) < 4.78 is 21.0. The Morgan fingerprint density at radius 2 is 2.36 bits per heavy atom. The van der Waals surface area contributed by atoms with Crippen molar-refractivity contribution in [3.8, 4) is 0 Å². The smallest absolute Gasteiger partial charge is 0.123 e. The van der Waals surface area contributed by atoms with Crippen molar-refractivity contribution >= 4 is 0 Å². The lowest BCUT2D eigenvalue weighted by atomic mass is 9.96. The van der Waals surface area contributed by atoms with Gasteiger partial charge in [0.25, 0.3) is 0 Å². The largest absolute Gasteiger partial charge is 0.373 e. The van der Waals surface area contributed by atoms with Crippen LogP contribution in [0.4, 0.5) is 4.39 Å². The van der Waals surface area contributed by atoms with Crippen LogP contribution in [0.25, 0.3) is 0 Å². The van der Waals surface area contributed by atoms with Crippen molar-refractivity contribution in [2.75, 3.05) is 13.2 Å². The highest BCUT2D eigenvalue weighted by molar-refractivity contribution is 5.19. The molecule has 5 heteroatoms. The molecule has 1 aliphatic heterocycles. The van der Waals surface area contributed by atoms with Crippen molar-refractivity contribution in [2.45, 2.75) is 25.5 Å². The predicted octanol–water partition coefficient (Wildman–Crippen LogP) is 2.99. The maximum Gasteiger partial charge on any atom is 0.123 e. The van der Waals surface area contributed by atoms with Crippen LogP contribution >= 0.6 is 0 Å². The molecule has 0 radical (unpaired) electrons. The fraction of sp³-hybridized carbons (Fsp3) is 0.471. The van der Waals surface area contributed by atoms with E-state index in [1.807, 2.05) is 25.5 Å². The second-order valence-electron chi connectivity index (χ2n) is 5.97. The molecular weight excluding hydrogens is 281 g/mol. The van der Waals surface area contributed by atoms with Gasteiger partial charge in [-0.3, -0.25) is 4.68 Å². The molecule has 0 aliphatic carbocycles. The molecule has 3 atom stereocenters. The van der Waals surface area contributed by atoms with Crippen LogP contribution < -0.4 is 5.32 Å². The number of aryl methyl sites for hydroxylation is 1. The second kappa shape index (κ2) is 6.58. The molecule has 118 valence electrons. The van der Waals surface area contributed by atoms with Crippen LogP contribution in [-0.4, -0.2) is 22.9 Å². The molecule has 0 saturated carbocycles. The number of ether oxygens (including phenoxy) is 1. The van der Waals surface area contributed by atoms with Gasteiger partial charge in [-0.05, 0) is 31.0 Å². The molecule has 2 aromatic rings. The third-order valence-electron chi connectivity index (χ3n) is 4.30. The Hall–Kier alpha value is -1.72. The van der Waals surface area contributed by atoms with E-state index in [2.05, 4.69) is 17.3 Å². The number of hydrogen-bond donors (Lipinski definition) is 1. The van der Waals surface area contributed by atoms with Crippen molar-refractivity contribution in [1.29, 1.82) is 0 Å². The minimum absolute atomic E-state index is 0.0981. The molecule has 22 heavy (non-hydrogen) atoms. The van der Waals surface area contributed by atoms with E-state index in [0.29, 0.717) is 5.92 Å². The van der Waals surface area contributed by atoms with Gasteiger partial charge < -0.3 is 10.1 Å². The highest BCUT2D eigenvalue weighted by Gasteiger charge is 2.30. The van der Waals surface area contributed by atoms with Crippen LogP contribution in [0, 0.1) is 11.7 Å². The van der Waals surface area contributed by atoms with Crippen molar-refractivity contribution in [3.05, 3.63) is 53.6 Å². The minimum Gasteiger partial charge on any atom is -0.373 e. The van der Waals surface area contributed by atoms with Gasteiger partial charge in [-0.25, -0.2) is 4.39 Å². The zero-order valence-corrected chi connectivity index (χ0v) is 13.0. The molecule has 0 unspecified atom stereocenters. The van der Waals surface area contributed by atoms with E-state index in [1.165, 1.54) is 6.07 Å². The van der Waals surface area contributed by atoms with E-state index in [1.54, 1.807) is 16.8 Å². The third-order valence-corrected chi connectivity index (χ3v) is 4.30. The molecule has 0 amide bonds. The van der Waals surface area contributed by atoms with Crippen molar-refractivity contribution in [2.24, 2.45) is 13.0 Å². The van der Waals surface area contributed by atoms with Gasteiger partial charge in [0, 0.05) is 43.9 Å². The van der Waals surface area contributed by atoms with Gasteiger partial charge >= 0.3 is 0 Å². The lowest BCUT2D eigenvalue weighted by Crippen LogP contribution is -2.27. The van der Waals surface area contributed by atoms with Crippen LogP contribution in [0.5, 0.6) is 0 Å². The number of nitrogens with one attached hydrogen (secondary N) is 1. The van der Waals surface area contributed by atoms with Crippen molar-refractivity contribution in [3.63, 3.8) is 0 Å². The summed E-state index contributed by atoms with van der Waals surface area (Å²) in [5.41, 5.74) is 2.10. The maximum atomic E-state index is 13.3. The lowest BCUT2D eigenvalue weighted by molar-refractivity contribution is 0.0899. The Labute approximate surface area is 130 Å². The number of nitrogens with zero attached hydrogens (tertiary/aromatic N) is 2.